The first-order valence-corrected chi connectivity index (χ1v) is 6.69. The topological polar surface area (TPSA) is 41.5 Å². The van der Waals surface area contributed by atoms with Gasteiger partial charge in [-0.3, -0.25) is 0 Å². The van der Waals surface area contributed by atoms with E-state index in [0.29, 0.717) is 19.8 Å². The summed E-state index contributed by atoms with van der Waals surface area (Å²) in [5.41, 5.74) is -0.517. The fraction of sp³-hybridized carbons (Fsp3) is 0.467. The molecule has 0 fully saturated rings. The molecule has 0 saturated carbocycles. The van der Waals surface area contributed by atoms with Gasteiger partial charge >= 0.3 is 6.18 Å². The lowest BCUT2D eigenvalue weighted by atomic mass is 10.1. The summed E-state index contributed by atoms with van der Waals surface area (Å²) in [6.45, 7) is 5.32. The van der Waals surface area contributed by atoms with Crippen molar-refractivity contribution in [2.75, 3.05) is 26.3 Å². The Morgan fingerprint density at radius 2 is 2.10 bits per heavy atom. The van der Waals surface area contributed by atoms with Crippen LogP contribution < -0.4 is 5.32 Å². The molecule has 0 aliphatic heterocycles. The fourth-order valence-electron chi connectivity index (χ4n) is 1.69. The zero-order chi connectivity index (χ0) is 15.7. The zero-order valence-corrected chi connectivity index (χ0v) is 11.7. The third kappa shape index (κ3) is 6.75. The Morgan fingerprint density at radius 1 is 1.33 bits per heavy atom. The Bertz CT molecular complexity index is 435. The first-order valence-electron chi connectivity index (χ1n) is 6.69. The lowest BCUT2D eigenvalue weighted by Crippen LogP contribution is -2.25. The van der Waals surface area contributed by atoms with Gasteiger partial charge in [-0.25, -0.2) is 0 Å². The van der Waals surface area contributed by atoms with Gasteiger partial charge in [0.15, 0.2) is 0 Å². The normalized spacial score (nSPS) is 13.1. The van der Waals surface area contributed by atoms with Gasteiger partial charge in [0.05, 0.1) is 24.9 Å². The quantitative estimate of drug-likeness (QED) is 0.544. The number of hydrogen-bond donors (Lipinski definition) is 2. The molecule has 0 aliphatic carbocycles. The number of halogens is 3. The largest absolute Gasteiger partial charge is 0.416 e. The summed E-state index contributed by atoms with van der Waals surface area (Å²) in [4.78, 5) is 0. The van der Waals surface area contributed by atoms with Crippen molar-refractivity contribution in [2.24, 2.45) is 0 Å². The highest BCUT2D eigenvalue weighted by molar-refractivity contribution is 5.27. The second kappa shape index (κ2) is 8.81. The number of ether oxygens (including phenoxy) is 1. The van der Waals surface area contributed by atoms with Crippen LogP contribution in [0.5, 0.6) is 0 Å². The van der Waals surface area contributed by atoms with Gasteiger partial charge in [-0.15, -0.1) is 6.58 Å². The SMILES string of the molecule is C=CCCOCCNCC(O)c1cccc(C(F)(F)F)c1. The van der Waals surface area contributed by atoms with E-state index in [-0.39, 0.29) is 12.1 Å². The Labute approximate surface area is 122 Å². The predicted molar refractivity (Wildman–Crippen MR) is 74.9 cm³/mol. The van der Waals surface area contributed by atoms with Crippen LogP contribution in [-0.2, 0) is 10.9 Å². The summed E-state index contributed by atoms with van der Waals surface area (Å²) in [6.07, 6.45) is -2.86. The molecule has 0 amide bonds. The Hall–Kier alpha value is -1.37. The van der Waals surface area contributed by atoms with Crippen molar-refractivity contribution in [3.63, 3.8) is 0 Å². The summed E-state index contributed by atoms with van der Waals surface area (Å²) in [7, 11) is 0. The summed E-state index contributed by atoms with van der Waals surface area (Å²) in [6, 6.07) is 4.71. The molecule has 0 heterocycles. The van der Waals surface area contributed by atoms with Gasteiger partial charge in [0, 0.05) is 13.1 Å². The van der Waals surface area contributed by atoms with Crippen LogP contribution in [0.25, 0.3) is 0 Å². The lowest BCUT2D eigenvalue weighted by Gasteiger charge is -2.14. The maximum Gasteiger partial charge on any atom is 0.416 e. The minimum Gasteiger partial charge on any atom is -0.387 e. The van der Waals surface area contributed by atoms with E-state index in [1.54, 1.807) is 6.08 Å². The zero-order valence-electron chi connectivity index (χ0n) is 11.7. The number of rotatable bonds is 9. The van der Waals surface area contributed by atoms with E-state index in [2.05, 4.69) is 11.9 Å². The molecule has 0 aliphatic rings. The summed E-state index contributed by atoms with van der Waals surface area (Å²) in [5, 5.41) is 12.8. The molecule has 0 bridgehead atoms. The molecule has 0 saturated heterocycles. The molecule has 1 aromatic carbocycles. The van der Waals surface area contributed by atoms with Crippen LogP contribution in [0.4, 0.5) is 13.2 Å². The summed E-state index contributed by atoms with van der Waals surface area (Å²) >= 11 is 0. The Morgan fingerprint density at radius 3 is 2.76 bits per heavy atom. The van der Waals surface area contributed by atoms with Gasteiger partial charge in [0.2, 0.25) is 0 Å². The Kier molecular flexibility index (Phi) is 7.42. The van der Waals surface area contributed by atoms with Crippen LogP contribution in [0.3, 0.4) is 0 Å². The highest BCUT2D eigenvalue weighted by Gasteiger charge is 2.30. The summed E-state index contributed by atoms with van der Waals surface area (Å²) in [5.74, 6) is 0. The van der Waals surface area contributed by atoms with Crippen molar-refractivity contribution in [2.45, 2.75) is 18.7 Å². The molecule has 118 valence electrons. The fourth-order valence-corrected chi connectivity index (χ4v) is 1.69. The van der Waals surface area contributed by atoms with Crippen LogP contribution in [0.2, 0.25) is 0 Å². The molecule has 21 heavy (non-hydrogen) atoms. The highest BCUT2D eigenvalue weighted by Crippen LogP contribution is 2.30. The van der Waals surface area contributed by atoms with Crippen LogP contribution in [0, 0.1) is 0 Å². The number of hydrogen-bond acceptors (Lipinski definition) is 3. The molecule has 0 spiro atoms. The average molecular weight is 303 g/mol. The number of alkyl halides is 3. The van der Waals surface area contributed by atoms with E-state index in [0.717, 1.165) is 18.6 Å². The van der Waals surface area contributed by atoms with Gasteiger partial charge in [-0.2, -0.15) is 13.2 Å². The maximum atomic E-state index is 12.6. The van der Waals surface area contributed by atoms with E-state index in [4.69, 9.17) is 4.74 Å². The predicted octanol–water partition coefficient (Wildman–Crippen LogP) is 2.92. The van der Waals surface area contributed by atoms with E-state index in [1.165, 1.54) is 12.1 Å². The van der Waals surface area contributed by atoms with Gasteiger partial charge < -0.3 is 15.2 Å². The monoisotopic (exact) mass is 303 g/mol. The molecular formula is C15H20F3NO2. The third-order valence-electron chi connectivity index (χ3n) is 2.83. The number of nitrogens with one attached hydrogen (secondary N) is 1. The van der Waals surface area contributed by atoms with Gasteiger partial charge in [-0.05, 0) is 24.1 Å². The molecule has 0 aromatic heterocycles. The standard InChI is InChI=1S/C15H20F3NO2/c1-2-3-8-21-9-7-19-11-14(20)12-5-4-6-13(10-12)15(16,17)18/h2,4-6,10,14,19-20H,1,3,7-9,11H2. The van der Waals surface area contributed by atoms with Gasteiger partial charge in [0.1, 0.15) is 0 Å². The van der Waals surface area contributed by atoms with Crippen molar-refractivity contribution >= 4 is 0 Å². The number of aliphatic hydroxyl groups excluding tert-OH is 1. The first-order chi connectivity index (χ1) is 9.95. The smallest absolute Gasteiger partial charge is 0.387 e. The van der Waals surface area contributed by atoms with Crippen molar-refractivity contribution in [3.8, 4) is 0 Å². The molecule has 1 atom stereocenters. The van der Waals surface area contributed by atoms with Crippen LogP contribution >= 0.6 is 0 Å². The van der Waals surface area contributed by atoms with E-state index >= 15 is 0 Å². The average Bonchev–Trinajstić information content (AvgIpc) is 2.45. The molecule has 6 heteroatoms. The van der Waals surface area contributed by atoms with Crippen molar-refractivity contribution in [1.82, 2.24) is 5.32 Å². The number of aliphatic hydroxyl groups is 1. The van der Waals surface area contributed by atoms with Gasteiger partial charge in [-0.1, -0.05) is 18.2 Å². The van der Waals surface area contributed by atoms with Crippen molar-refractivity contribution in [3.05, 3.63) is 48.0 Å². The van der Waals surface area contributed by atoms with Crippen molar-refractivity contribution < 1.29 is 23.0 Å². The molecular weight excluding hydrogens is 283 g/mol. The molecule has 0 radical (unpaired) electrons. The Balaban J connectivity index is 2.35. The highest BCUT2D eigenvalue weighted by atomic mass is 19.4. The van der Waals surface area contributed by atoms with E-state index in [1.807, 2.05) is 0 Å². The maximum absolute atomic E-state index is 12.6. The van der Waals surface area contributed by atoms with Crippen LogP contribution in [0.1, 0.15) is 23.7 Å². The minimum absolute atomic E-state index is 0.173. The minimum atomic E-state index is -4.40. The van der Waals surface area contributed by atoms with Crippen molar-refractivity contribution in [1.29, 1.82) is 0 Å². The summed E-state index contributed by atoms with van der Waals surface area (Å²) < 4.78 is 43.0. The third-order valence-corrected chi connectivity index (χ3v) is 2.83. The number of benzene rings is 1. The second-order valence-corrected chi connectivity index (χ2v) is 4.53. The van der Waals surface area contributed by atoms with Crippen LogP contribution in [0.15, 0.2) is 36.9 Å². The van der Waals surface area contributed by atoms with Gasteiger partial charge in [0.25, 0.3) is 0 Å². The first kappa shape index (κ1) is 17.7. The molecule has 3 nitrogen and oxygen atoms in total. The lowest BCUT2D eigenvalue weighted by molar-refractivity contribution is -0.137. The molecule has 1 aromatic rings. The van der Waals surface area contributed by atoms with E-state index in [9.17, 15) is 18.3 Å². The van der Waals surface area contributed by atoms with Crippen LogP contribution in [-0.4, -0.2) is 31.4 Å². The van der Waals surface area contributed by atoms with E-state index < -0.39 is 17.8 Å². The molecule has 1 unspecified atom stereocenters. The molecule has 1 rings (SSSR count). The molecule has 2 N–H and O–H groups in total. The second-order valence-electron chi connectivity index (χ2n) is 4.53.